The Morgan fingerprint density at radius 3 is 2.62 bits per heavy atom. The standard InChI is InChI=1S/C13H21N3O4S/c1-10-3-5-11(6-4-10)15(2)21(19,20)12-7-14-16(8-12)9-13(17)18/h7-8,10-11H,3-6,9H2,1-2H3,(H,17,18). The van der Waals surface area contributed by atoms with Crippen molar-refractivity contribution in [2.45, 2.75) is 50.1 Å². The van der Waals surface area contributed by atoms with Crippen LogP contribution in [-0.4, -0.2) is 46.7 Å². The van der Waals surface area contributed by atoms with Gasteiger partial charge in [-0.2, -0.15) is 9.40 Å². The van der Waals surface area contributed by atoms with E-state index < -0.39 is 16.0 Å². The van der Waals surface area contributed by atoms with E-state index in [2.05, 4.69) is 12.0 Å². The third-order valence-electron chi connectivity index (χ3n) is 4.08. The van der Waals surface area contributed by atoms with E-state index in [1.807, 2.05) is 0 Å². The zero-order valence-electron chi connectivity index (χ0n) is 12.3. The van der Waals surface area contributed by atoms with Gasteiger partial charge in [0.05, 0.1) is 6.20 Å². The Morgan fingerprint density at radius 2 is 2.05 bits per heavy atom. The Hall–Kier alpha value is -1.41. The largest absolute Gasteiger partial charge is 0.480 e. The van der Waals surface area contributed by atoms with Gasteiger partial charge in [0.1, 0.15) is 11.4 Å². The number of hydrogen-bond acceptors (Lipinski definition) is 4. The van der Waals surface area contributed by atoms with Crippen molar-refractivity contribution in [3.63, 3.8) is 0 Å². The number of aromatic nitrogens is 2. The zero-order chi connectivity index (χ0) is 15.6. The van der Waals surface area contributed by atoms with Gasteiger partial charge in [-0.1, -0.05) is 6.92 Å². The second-order valence-electron chi connectivity index (χ2n) is 5.70. The summed E-state index contributed by atoms with van der Waals surface area (Å²) in [5, 5.41) is 12.5. The molecule has 1 aromatic heterocycles. The van der Waals surface area contributed by atoms with Crippen LogP contribution in [0.4, 0.5) is 0 Å². The van der Waals surface area contributed by atoms with Crippen LogP contribution in [0, 0.1) is 5.92 Å². The van der Waals surface area contributed by atoms with Gasteiger partial charge in [-0.3, -0.25) is 9.48 Å². The Kier molecular flexibility index (Phi) is 4.67. The third-order valence-corrected chi connectivity index (χ3v) is 5.95. The molecule has 0 bridgehead atoms. The molecule has 1 aliphatic rings. The summed E-state index contributed by atoms with van der Waals surface area (Å²) in [4.78, 5) is 10.7. The Balaban J connectivity index is 2.13. The summed E-state index contributed by atoms with van der Waals surface area (Å²) in [6, 6.07) is 0.00836. The van der Waals surface area contributed by atoms with Gasteiger partial charge >= 0.3 is 5.97 Å². The van der Waals surface area contributed by atoms with E-state index in [4.69, 9.17) is 5.11 Å². The van der Waals surface area contributed by atoms with E-state index >= 15 is 0 Å². The van der Waals surface area contributed by atoms with Gasteiger partial charge in [0, 0.05) is 19.3 Å². The molecule has 8 heteroatoms. The zero-order valence-corrected chi connectivity index (χ0v) is 13.1. The van der Waals surface area contributed by atoms with E-state index in [1.165, 1.54) is 16.7 Å². The van der Waals surface area contributed by atoms with Crippen molar-refractivity contribution in [1.82, 2.24) is 14.1 Å². The molecule has 1 aromatic rings. The molecule has 0 amide bonds. The highest BCUT2D eigenvalue weighted by Crippen LogP contribution is 2.29. The van der Waals surface area contributed by atoms with Crippen molar-refractivity contribution in [2.75, 3.05) is 7.05 Å². The van der Waals surface area contributed by atoms with Crippen molar-refractivity contribution >= 4 is 16.0 Å². The molecule has 0 radical (unpaired) electrons. The fourth-order valence-corrected chi connectivity index (χ4v) is 4.04. The molecule has 0 spiro atoms. The Labute approximate surface area is 124 Å². The van der Waals surface area contributed by atoms with Crippen LogP contribution in [0.1, 0.15) is 32.6 Å². The van der Waals surface area contributed by atoms with Gasteiger partial charge in [-0.25, -0.2) is 8.42 Å². The minimum Gasteiger partial charge on any atom is -0.480 e. The first-order valence-electron chi connectivity index (χ1n) is 7.03. The van der Waals surface area contributed by atoms with E-state index in [0.29, 0.717) is 5.92 Å². The number of carboxylic acid groups (broad SMARTS) is 1. The molecule has 0 saturated heterocycles. The molecule has 0 aliphatic heterocycles. The van der Waals surface area contributed by atoms with Crippen LogP contribution >= 0.6 is 0 Å². The van der Waals surface area contributed by atoms with E-state index in [9.17, 15) is 13.2 Å². The molecule has 1 N–H and O–H groups in total. The van der Waals surface area contributed by atoms with Crippen LogP contribution in [-0.2, 0) is 21.4 Å². The van der Waals surface area contributed by atoms with E-state index in [1.54, 1.807) is 7.05 Å². The fraction of sp³-hybridized carbons (Fsp3) is 0.692. The van der Waals surface area contributed by atoms with Crippen molar-refractivity contribution < 1.29 is 18.3 Å². The molecule has 1 fully saturated rings. The maximum atomic E-state index is 12.5. The Bertz CT molecular complexity index is 603. The first-order chi connectivity index (χ1) is 9.80. The van der Waals surface area contributed by atoms with Gasteiger partial charge in [0.25, 0.3) is 0 Å². The van der Waals surface area contributed by atoms with Crippen molar-refractivity contribution in [3.05, 3.63) is 12.4 Å². The summed E-state index contributed by atoms with van der Waals surface area (Å²) in [7, 11) is -2.03. The lowest BCUT2D eigenvalue weighted by atomic mass is 9.87. The molecule has 7 nitrogen and oxygen atoms in total. The quantitative estimate of drug-likeness (QED) is 0.880. The minimum absolute atomic E-state index is 0.00836. The normalized spacial score (nSPS) is 23.4. The lowest BCUT2D eigenvalue weighted by Gasteiger charge is -2.32. The van der Waals surface area contributed by atoms with Crippen LogP contribution in [0.15, 0.2) is 17.3 Å². The number of sulfonamides is 1. The maximum absolute atomic E-state index is 12.5. The minimum atomic E-state index is -3.61. The number of carboxylic acids is 1. The smallest absolute Gasteiger partial charge is 0.325 e. The highest BCUT2D eigenvalue weighted by atomic mass is 32.2. The summed E-state index contributed by atoms with van der Waals surface area (Å²) in [6.45, 7) is 1.83. The average molecular weight is 315 g/mol. The predicted molar refractivity (Wildman–Crippen MR) is 76.2 cm³/mol. The summed E-state index contributed by atoms with van der Waals surface area (Å²) in [5.74, 6) is -0.410. The number of hydrogen-bond donors (Lipinski definition) is 1. The van der Waals surface area contributed by atoms with Gasteiger partial charge in [0.2, 0.25) is 10.0 Å². The summed E-state index contributed by atoms with van der Waals surface area (Å²) >= 11 is 0. The van der Waals surface area contributed by atoms with E-state index in [-0.39, 0.29) is 17.5 Å². The van der Waals surface area contributed by atoms with Crippen LogP contribution in [0.25, 0.3) is 0 Å². The van der Waals surface area contributed by atoms with Gasteiger partial charge in [0.15, 0.2) is 0 Å². The van der Waals surface area contributed by atoms with Crippen molar-refractivity contribution in [3.8, 4) is 0 Å². The molecule has 1 aliphatic carbocycles. The SMILES string of the molecule is CC1CCC(N(C)S(=O)(=O)c2cnn(CC(=O)O)c2)CC1. The van der Waals surface area contributed by atoms with Gasteiger partial charge < -0.3 is 5.11 Å². The molecule has 2 rings (SSSR count). The lowest BCUT2D eigenvalue weighted by Crippen LogP contribution is -2.39. The first kappa shape index (κ1) is 16.0. The maximum Gasteiger partial charge on any atom is 0.325 e. The van der Waals surface area contributed by atoms with Crippen molar-refractivity contribution in [1.29, 1.82) is 0 Å². The average Bonchev–Trinajstić information content (AvgIpc) is 2.87. The second kappa shape index (κ2) is 6.15. The highest BCUT2D eigenvalue weighted by molar-refractivity contribution is 7.89. The first-order valence-corrected chi connectivity index (χ1v) is 8.47. The topological polar surface area (TPSA) is 92.5 Å². The molecular weight excluding hydrogens is 294 g/mol. The number of aliphatic carboxylic acids is 1. The highest BCUT2D eigenvalue weighted by Gasteiger charge is 2.31. The lowest BCUT2D eigenvalue weighted by molar-refractivity contribution is -0.137. The molecule has 1 heterocycles. The predicted octanol–water partition coefficient (Wildman–Crippen LogP) is 1.17. The van der Waals surface area contributed by atoms with Crippen molar-refractivity contribution in [2.24, 2.45) is 5.92 Å². The van der Waals surface area contributed by atoms with E-state index in [0.717, 1.165) is 30.4 Å². The molecular formula is C13H21N3O4S. The number of nitrogens with zero attached hydrogens (tertiary/aromatic N) is 3. The molecule has 118 valence electrons. The fourth-order valence-electron chi connectivity index (χ4n) is 2.67. The summed E-state index contributed by atoms with van der Waals surface area (Å²) < 4.78 is 27.6. The summed E-state index contributed by atoms with van der Waals surface area (Å²) in [5.41, 5.74) is 0. The van der Waals surface area contributed by atoms with Crippen LogP contribution in [0.3, 0.4) is 0 Å². The molecule has 21 heavy (non-hydrogen) atoms. The van der Waals surface area contributed by atoms with Gasteiger partial charge in [-0.05, 0) is 31.6 Å². The number of carbonyl (C=O) groups is 1. The van der Waals surface area contributed by atoms with Crippen LogP contribution in [0.5, 0.6) is 0 Å². The molecule has 1 saturated carbocycles. The molecule has 0 aromatic carbocycles. The third kappa shape index (κ3) is 3.62. The Morgan fingerprint density at radius 1 is 1.43 bits per heavy atom. The van der Waals surface area contributed by atoms with Crippen LogP contribution in [0.2, 0.25) is 0 Å². The number of rotatable bonds is 5. The van der Waals surface area contributed by atoms with Crippen LogP contribution < -0.4 is 0 Å². The second-order valence-corrected chi connectivity index (χ2v) is 7.70. The molecule has 0 unspecified atom stereocenters. The monoisotopic (exact) mass is 315 g/mol. The molecule has 0 atom stereocenters. The summed E-state index contributed by atoms with van der Waals surface area (Å²) in [6.07, 6.45) is 6.26. The van der Waals surface area contributed by atoms with Gasteiger partial charge in [-0.15, -0.1) is 0 Å².